The first kappa shape index (κ1) is 26.9. The van der Waals surface area contributed by atoms with E-state index in [2.05, 4.69) is 25.0 Å². The number of ether oxygens (including phenoxy) is 1. The van der Waals surface area contributed by atoms with Crippen LogP contribution in [-0.4, -0.2) is 103 Å². The highest BCUT2D eigenvalue weighted by Gasteiger charge is 2.32. The van der Waals surface area contributed by atoms with E-state index < -0.39 is 11.9 Å². The molecule has 8 nitrogen and oxygen atoms in total. The third-order valence-electron chi connectivity index (χ3n) is 7.35. The Morgan fingerprint density at radius 2 is 1.76 bits per heavy atom. The molecule has 202 valence electrons. The van der Waals surface area contributed by atoms with Gasteiger partial charge in [0, 0.05) is 87.0 Å². The van der Waals surface area contributed by atoms with E-state index in [1.165, 1.54) is 12.1 Å². The third-order valence-corrected chi connectivity index (χ3v) is 7.68. The van der Waals surface area contributed by atoms with E-state index in [4.69, 9.17) is 21.3 Å². The predicted octanol–water partition coefficient (Wildman–Crippen LogP) is 2.76. The quantitative estimate of drug-likeness (QED) is 0.552. The number of halogens is 2. The van der Waals surface area contributed by atoms with Crippen molar-refractivity contribution in [2.24, 2.45) is 4.99 Å². The Morgan fingerprint density at radius 1 is 1.05 bits per heavy atom. The molecule has 2 aromatic rings. The van der Waals surface area contributed by atoms with Crippen LogP contribution in [0.5, 0.6) is 0 Å². The maximum absolute atomic E-state index is 13.8. The first-order chi connectivity index (χ1) is 18.5. The van der Waals surface area contributed by atoms with Gasteiger partial charge in [0.25, 0.3) is 0 Å². The van der Waals surface area contributed by atoms with Gasteiger partial charge in [-0.3, -0.25) is 29.5 Å². The Kier molecular flexibility index (Phi) is 8.81. The minimum atomic E-state index is -0.649. The first-order valence-corrected chi connectivity index (χ1v) is 13.6. The number of pyridine rings is 1. The number of carbonyl (C=O) groups is 1. The molecular formula is C28H34ClFN6O2. The van der Waals surface area contributed by atoms with Crippen molar-refractivity contribution in [1.82, 2.24) is 25.0 Å². The zero-order valence-corrected chi connectivity index (χ0v) is 22.5. The summed E-state index contributed by atoms with van der Waals surface area (Å²) in [6.45, 7) is 11.6. The molecule has 4 heterocycles. The fourth-order valence-electron chi connectivity index (χ4n) is 5.21. The van der Waals surface area contributed by atoms with Gasteiger partial charge in [0.05, 0.1) is 13.2 Å². The number of aromatic nitrogens is 1. The van der Waals surface area contributed by atoms with Gasteiger partial charge in [0.15, 0.2) is 11.6 Å². The molecule has 1 aromatic carbocycles. The number of nitrogens with zero attached hydrogens (tertiary/aromatic N) is 5. The molecule has 1 atom stereocenters. The molecule has 10 heteroatoms. The van der Waals surface area contributed by atoms with Gasteiger partial charge in [-0.2, -0.15) is 0 Å². The van der Waals surface area contributed by atoms with Gasteiger partial charge in [0.2, 0.25) is 0 Å². The van der Waals surface area contributed by atoms with E-state index in [0.717, 1.165) is 71.3 Å². The number of aliphatic imine (C=N–C) groups is 1. The largest absolute Gasteiger partial charge is 0.379 e. The van der Waals surface area contributed by atoms with Crippen molar-refractivity contribution in [3.05, 3.63) is 76.0 Å². The Balaban J connectivity index is 1.34. The zero-order chi connectivity index (χ0) is 26.5. The average molecular weight is 541 g/mol. The van der Waals surface area contributed by atoms with Crippen molar-refractivity contribution in [2.75, 3.05) is 72.1 Å². The molecule has 2 saturated heterocycles. The number of carbonyl (C=O) groups excluding carboxylic acids is 1. The summed E-state index contributed by atoms with van der Waals surface area (Å²) in [6.07, 6.45) is 1.71. The van der Waals surface area contributed by atoms with Gasteiger partial charge < -0.3 is 10.1 Å². The SMILES string of the molecule is CC(=O)C1=C(CN2CCN(CCN3CCOCC3)CC2)NC(c2ccccn2)=NC1c1ccc(F)cc1Cl. The zero-order valence-electron chi connectivity index (χ0n) is 21.7. The Morgan fingerprint density at radius 3 is 2.42 bits per heavy atom. The third kappa shape index (κ3) is 6.47. The molecule has 0 radical (unpaired) electrons. The van der Waals surface area contributed by atoms with Crippen molar-refractivity contribution < 1.29 is 13.9 Å². The second kappa shape index (κ2) is 12.4. The summed E-state index contributed by atoms with van der Waals surface area (Å²) in [5.74, 6) is 0.0488. The van der Waals surface area contributed by atoms with E-state index in [1.54, 1.807) is 19.2 Å². The molecule has 0 amide bonds. The summed E-state index contributed by atoms with van der Waals surface area (Å²) in [4.78, 5) is 29.6. The van der Waals surface area contributed by atoms with Crippen LogP contribution in [0.3, 0.4) is 0 Å². The lowest BCUT2D eigenvalue weighted by Crippen LogP contribution is -2.50. The lowest BCUT2D eigenvalue weighted by atomic mass is 9.92. The molecule has 0 saturated carbocycles. The maximum atomic E-state index is 13.8. The van der Waals surface area contributed by atoms with E-state index in [-0.39, 0.29) is 10.8 Å². The molecular weight excluding hydrogens is 507 g/mol. The van der Waals surface area contributed by atoms with Crippen LogP contribution in [0, 0.1) is 5.82 Å². The molecule has 5 rings (SSSR count). The number of benzene rings is 1. The van der Waals surface area contributed by atoms with Gasteiger partial charge in [-0.25, -0.2) is 4.39 Å². The summed E-state index contributed by atoms with van der Waals surface area (Å²) in [7, 11) is 0. The molecule has 3 aliphatic rings. The van der Waals surface area contributed by atoms with Crippen LogP contribution in [0.15, 0.2) is 58.9 Å². The highest BCUT2D eigenvalue weighted by molar-refractivity contribution is 6.31. The van der Waals surface area contributed by atoms with E-state index in [9.17, 15) is 9.18 Å². The fourth-order valence-corrected chi connectivity index (χ4v) is 5.49. The number of morpholine rings is 1. The normalized spacial score (nSPS) is 21.8. The van der Waals surface area contributed by atoms with Gasteiger partial charge >= 0.3 is 0 Å². The first-order valence-electron chi connectivity index (χ1n) is 13.2. The molecule has 0 bridgehead atoms. The van der Waals surface area contributed by atoms with Gasteiger partial charge in [0.1, 0.15) is 17.6 Å². The number of ketones is 1. The van der Waals surface area contributed by atoms with Gasteiger partial charge in [-0.05, 0) is 31.2 Å². The maximum Gasteiger partial charge on any atom is 0.160 e. The molecule has 3 aliphatic heterocycles. The number of nitrogens with one attached hydrogen (secondary N) is 1. The lowest BCUT2D eigenvalue weighted by molar-refractivity contribution is -0.114. The summed E-state index contributed by atoms with van der Waals surface area (Å²) in [6, 6.07) is 9.20. The highest BCUT2D eigenvalue weighted by Crippen LogP contribution is 2.36. The lowest BCUT2D eigenvalue weighted by Gasteiger charge is -2.37. The summed E-state index contributed by atoms with van der Waals surface area (Å²) in [5.41, 5.74) is 2.61. The second-order valence-corrected chi connectivity index (χ2v) is 10.3. The number of rotatable bonds is 8. The van der Waals surface area contributed by atoms with Crippen molar-refractivity contribution in [1.29, 1.82) is 0 Å². The minimum Gasteiger partial charge on any atom is -0.379 e. The molecule has 0 aliphatic carbocycles. The molecule has 38 heavy (non-hydrogen) atoms. The van der Waals surface area contributed by atoms with Gasteiger partial charge in [-0.15, -0.1) is 0 Å². The van der Waals surface area contributed by atoms with E-state index in [1.807, 2.05) is 18.2 Å². The van der Waals surface area contributed by atoms with Gasteiger partial charge in [-0.1, -0.05) is 23.7 Å². The van der Waals surface area contributed by atoms with Crippen LogP contribution in [0.2, 0.25) is 5.02 Å². The van der Waals surface area contributed by atoms with E-state index in [0.29, 0.717) is 29.2 Å². The van der Waals surface area contributed by atoms with Crippen molar-refractivity contribution >= 4 is 23.2 Å². The number of hydrogen-bond acceptors (Lipinski definition) is 8. The second-order valence-electron chi connectivity index (χ2n) is 9.91. The Bertz CT molecular complexity index is 1190. The minimum absolute atomic E-state index is 0.0918. The smallest absolute Gasteiger partial charge is 0.160 e. The molecule has 0 spiro atoms. The van der Waals surface area contributed by atoms with Crippen LogP contribution in [-0.2, 0) is 9.53 Å². The Hall–Kier alpha value is -2.69. The van der Waals surface area contributed by atoms with Crippen LogP contribution >= 0.6 is 11.6 Å². The average Bonchev–Trinajstić information content (AvgIpc) is 2.93. The number of hydrogen-bond donors (Lipinski definition) is 1. The van der Waals surface area contributed by atoms with Crippen molar-refractivity contribution in [3.63, 3.8) is 0 Å². The fraction of sp³-hybridized carbons (Fsp3) is 0.464. The monoisotopic (exact) mass is 540 g/mol. The predicted molar refractivity (Wildman–Crippen MR) is 146 cm³/mol. The van der Waals surface area contributed by atoms with Crippen LogP contribution < -0.4 is 5.32 Å². The molecule has 1 unspecified atom stereocenters. The summed E-state index contributed by atoms with van der Waals surface area (Å²) >= 11 is 6.46. The number of amidine groups is 1. The standard InChI is InChI=1S/C28H34ClFN6O2/c1-20(37)26-25(19-36-12-10-34(11-13-36)8-9-35-14-16-38-17-15-35)32-28(24-4-2-3-7-31-24)33-27(26)22-6-5-21(30)18-23(22)29/h2-7,18,27H,8-17,19H2,1H3,(H,32,33). The summed E-state index contributed by atoms with van der Waals surface area (Å²) < 4.78 is 19.3. The Labute approximate surface area is 228 Å². The topological polar surface area (TPSA) is 73.3 Å². The summed E-state index contributed by atoms with van der Waals surface area (Å²) in [5, 5.41) is 3.66. The van der Waals surface area contributed by atoms with Crippen LogP contribution in [0.1, 0.15) is 24.2 Å². The molecule has 2 fully saturated rings. The number of piperazine rings is 1. The number of Topliss-reactive ketones (excluding diaryl/α,β-unsaturated/α-hetero) is 1. The molecule has 1 aromatic heterocycles. The highest BCUT2D eigenvalue weighted by atomic mass is 35.5. The van der Waals surface area contributed by atoms with Crippen LogP contribution in [0.25, 0.3) is 0 Å². The van der Waals surface area contributed by atoms with Crippen LogP contribution in [0.4, 0.5) is 4.39 Å². The van der Waals surface area contributed by atoms with Crippen molar-refractivity contribution in [3.8, 4) is 0 Å². The molecule has 1 N–H and O–H groups in total. The van der Waals surface area contributed by atoms with Crippen molar-refractivity contribution in [2.45, 2.75) is 13.0 Å². The van der Waals surface area contributed by atoms with E-state index >= 15 is 0 Å².